The fraction of sp³-hybridized carbons (Fsp3) is 0.222. The highest BCUT2D eigenvalue weighted by molar-refractivity contribution is 7.21. The molecule has 2 N–H and O–H groups in total. The number of aromatic nitrogens is 1. The quantitative estimate of drug-likeness (QED) is 0.424. The summed E-state index contributed by atoms with van der Waals surface area (Å²) in [6.45, 7) is 6.27. The molecule has 172 valence electrons. The zero-order valence-electron chi connectivity index (χ0n) is 19.2. The average Bonchev–Trinajstić information content (AvgIpc) is 3.19. The predicted octanol–water partition coefficient (Wildman–Crippen LogP) is 5.02. The van der Waals surface area contributed by atoms with Gasteiger partial charge in [0.1, 0.15) is 9.71 Å². The molecule has 0 bridgehead atoms. The molecule has 0 saturated carbocycles. The lowest BCUT2D eigenvalue weighted by Crippen LogP contribution is -2.48. The number of benzene rings is 2. The molecule has 4 aromatic rings. The van der Waals surface area contributed by atoms with Crippen molar-refractivity contribution >= 4 is 44.6 Å². The van der Waals surface area contributed by atoms with Gasteiger partial charge >= 0.3 is 0 Å². The summed E-state index contributed by atoms with van der Waals surface area (Å²) in [6, 6.07) is 19.7. The number of amides is 1. The van der Waals surface area contributed by atoms with E-state index in [0.29, 0.717) is 29.2 Å². The fourth-order valence-electron chi connectivity index (χ4n) is 4.41. The van der Waals surface area contributed by atoms with Crippen molar-refractivity contribution in [1.82, 2.24) is 9.88 Å². The van der Waals surface area contributed by atoms with E-state index in [1.807, 2.05) is 72.5 Å². The van der Waals surface area contributed by atoms with Crippen LogP contribution in [-0.2, 0) is 0 Å². The summed E-state index contributed by atoms with van der Waals surface area (Å²) >= 11 is 1.37. The van der Waals surface area contributed by atoms with Crippen molar-refractivity contribution in [1.29, 1.82) is 0 Å². The van der Waals surface area contributed by atoms with Crippen molar-refractivity contribution in [2.75, 3.05) is 36.8 Å². The maximum Gasteiger partial charge on any atom is 0.266 e. The molecule has 1 amide bonds. The van der Waals surface area contributed by atoms with E-state index < -0.39 is 0 Å². The van der Waals surface area contributed by atoms with Gasteiger partial charge in [-0.2, -0.15) is 0 Å². The second-order valence-corrected chi connectivity index (χ2v) is 9.60. The number of Topliss-reactive ketones (excluding diaryl/α,β-unsaturated/α-hetero) is 1. The number of ketones is 1. The molecular weight excluding hydrogens is 444 g/mol. The van der Waals surface area contributed by atoms with Crippen LogP contribution in [0.4, 0.5) is 11.4 Å². The van der Waals surface area contributed by atoms with Crippen LogP contribution >= 0.6 is 11.3 Å². The predicted molar refractivity (Wildman–Crippen MR) is 139 cm³/mol. The van der Waals surface area contributed by atoms with E-state index >= 15 is 0 Å². The summed E-state index contributed by atoms with van der Waals surface area (Å²) in [5, 5.41) is 0.842. The van der Waals surface area contributed by atoms with E-state index in [2.05, 4.69) is 4.90 Å². The molecule has 0 radical (unpaired) electrons. The molecule has 2 aromatic heterocycles. The maximum atomic E-state index is 13.4. The van der Waals surface area contributed by atoms with Crippen molar-refractivity contribution in [2.24, 2.45) is 0 Å². The van der Waals surface area contributed by atoms with Crippen LogP contribution in [0.1, 0.15) is 32.5 Å². The molecule has 3 heterocycles. The van der Waals surface area contributed by atoms with Crippen LogP contribution in [0, 0.1) is 6.92 Å². The number of hydrogen-bond donors (Lipinski definition) is 1. The van der Waals surface area contributed by atoms with E-state index in [0.717, 1.165) is 45.8 Å². The number of nitrogen functional groups attached to an aromatic ring is 1. The molecule has 0 unspecified atom stereocenters. The van der Waals surface area contributed by atoms with E-state index in [9.17, 15) is 9.59 Å². The van der Waals surface area contributed by atoms with Crippen LogP contribution in [0.3, 0.4) is 0 Å². The Bertz CT molecular complexity index is 1370. The second kappa shape index (κ2) is 8.91. The normalized spacial score (nSPS) is 13.9. The number of hydrogen-bond acceptors (Lipinski definition) is 6. The van der Waals surface area contributed by atoms with Gasteiger partial charge in [0.25, 0.3) is 5.91 Å². The van der Waals surface area contributed by atoms with Gasteiger partial charge in [-0.05, 0) is 49.7 Å². The molecule has 1 aliphatic rings. The molecule has 1 fully saturated rings. The number of piperazine rings is 1. The lowest BCUT2D eigenvalue weighted by Gasteiger charge is -2.36. The number of aryl methyl sites for hydroxylation is 1. The van der Waals surface area contributed by atoms with Gasteiger partial charge in [-0.15, -0.1) is 11.3 Å². The Kier molecular flexibility index (Phi) is 5.79. The number of nitrogens with two attached hydrogens (primary N) is 1. The van der Waals surface area contributed by atoms with Gasteiger partial charge in [0.15, 0.2) is 5.78 Å². The molecule has 7 heteroatoms. The number of fused-ring (bicyclic) bond motifs is 1. The number of nitrogens with zero attached hydrogens (tertiary/aromatic N) is 3. The Hall–Kier alpha value is -3.71. The van der Waals surface area contributed by atoms with Gasteiger partial charge in [0, 0.05) is 48.4 Å². The molecule has 0 atom stereocenters. The molecule has 34 heavy (non-hydrogen) atoms. The number of pyridine rings is 1. The van der Waals surface area contributed by atoms with Gasteiger partial charge in [-0.3, -0.25) is 9.59 Å². The summed E-state index contributed by atoms with van der Waals surface area (Å²) < 4.78 is 0. The molecular formula is C27H26N4O2S. The zero-order valence-corrected chi connectivity index (χ0v) is 20.1. The van der Waals surface area contributed by atoms with Gasteiger partial charge in [0.2, 0.25) is 0 Å². The maximum absolute atomic E-state index is 13.4. The zero-order chi connectivity index (χ0) is 23.8. The van der Waals surface area contributed by atoms with Crippen LogP contribution in [-0.4, -0.2) is 47.8 Å². The summed E-state index contributed by atoms with van der Waals surface area (Å²) in [6.07, 6.45) is 0. The van der Waals surface area contributed by atoms with Crippen molar-refractivity contribution in [3.05, 3.63) is 76.7 Å². The first-order valence-electron chi connectivity index (χ1n) is 11.3. The summed E-state index contributed by atoms with van der Waals surface area (Å²) in [7, 11) is 0. The number of rotatable bonds is 4. The van der Waals surface area contributed by atoms with Crippen LogP contribution in [0.25, 0.3) is 21.5 Å². The highest BCUT2D eigenvalue weighted by atomic mass is 32.1. The molecule has 2 aromatic carbocycles. The van der Waals surface area contributed by atoms with Crippen LogP contribution in [0.5, 0.6) is 0 Å². The fourth-order valence-corrected chi connectivity index (χ4v) is 5.45. The minimum absolute atomic E-state index is 0.0361. The molecule has 1 saturated heterocycles. The van der Waals surface area contributed by atoms with Crippen LogP contribution < -0.4 is 10.6 Å². The van der Waals surface area contributed by atoms with Gasteiger partial charge < -0.3 is 15.5 Å². The highest BCUT2D eigenvalue weighted by Crippen LogP contribution is 2.36. The van der Waals surface area contributed by atoms with E-state index in [1.54, 1.807) is 6.92 Å². The molecule has 0 aliphatic carbocycles. The van der Waals surface area contributed by atoms with Gasteiger partial charge in [-0.1, -0.05) is 30.3 Å². The standard InChI is InChI=1S/C27H26N4O2S/c1-17-16-22-23(28)25(34-26(22)29-24(17)20-6-4-3-5-7-20)27(33)31-14-12-30(13-15-31)21-10-8-19(9-11-21)18(2)32/h3-11,16H,12-15,28H2,1-2H3. The minimum Gasteiger partial charge on any atom is -0.397 e. The van der Waals surface area contributed by atoms with E-state index in [-0.39, 0.29) is 11.7 Å². The lowest BCUT2D eigenvalue weighted by molar-refractivity contribution is 0.0752. The Morgan fingerprint density at radius 1 is 0.971 bits per heavy atom. The number of anilines is 2. The lowest BCUT2D eigenvalue weighted by atomic mass is 10.1. The Morgan fingerprint density at radius 2 is 1.65 bits per heavy atom. The monoisotopic (exact) mass is 470 g/mol. The first kappa shape index (κ1) is 22.1. The molecule has 0 spiro atoms. The Morgan fingerprint density at radius 3 is 2.29 bits per heavy atom. The second-order valence-electron chi connectivity index (χ2n) is 8.60. The Balaban J connectivity index is 1.34. The summed E-state index contributed by atoms with van der Waals surface area (Å²) in [5.41, 5.74) is 11.7. The van der Waals surface area contributed by atoms with Crippen LogP contribution in [0.15, 0.2) is 60.7 Å². The largest absolute Gasteiger partial charge is 0.397 e. The smallest absolute Gasteiger partial charge is 0.266 e. The Labute approximate surface area is 202 Å². The van der Waals surface area contributed by atoms with Crippen molar-refractivity contribution in [2.45, 2.75) is 13.8 Å². The van der Waals surface area contributed by atoms with Crippen molar-refractivity contribution in [3.63, 3.8) is 0 Å². The van der Waals surface area contributed by atoms with Gasteiger partial charge in [-0.25, -0.2) is 4.98 Å². The average molecular weight is 471 g/mol. The number of carbonyl (C=O) groups is 2. The molecule has 1 aliphatic heterocycles. The summed E-state index contributed by atoms with van der Waals surface area (Å²) in [5.74, 6) is 0.0226. The van der Waals surface area contributed by atoms with E-state index in [4.69, 9.17) is 10.7 Å². The third kappa shape index (κ3) is 4.03. The molecule has 5 rings (SSSR count). The van der Waals surface area contributed by atoms with Crippen LogP contribution in [0.2, 0.25) is 0 Å². The first-order valence-corrected chi connectivity index (χ1v) is 12.1. The summed E-state index contributed by atoms with van der Waals surface area (Å²) in [4.78, 5) is 35.2. The van der Waals surface area contributed by atoms with E-state index in [1.165, 1.54) is 11.3 Å². The SMILES string of the molecule is CC(=O)c1ccc(N2CCN(C(=O)c3sc4nc(-c5ccccc5)c(C)cc4c3N)CC2)cc1. The topological polar surface area (TPSA) is 79.5 Å². The number of carbonyl (C=O) groups excluding carboxylic acids is 2. The van der Waals surface area contributed by atoms with Crippen molar-refractivity contribution < 1.29 is 9.59 Å². The van der Waals surface area contributed by atoms with Crippen molar-refractivity contribution in [3.8, 4) is 11.3 Å². The third-order valence-corrected chi connectivity index (χ3v) is 7.46. The highest BCUT2D eigenvalue weighted by Gasteiger charge is 2.26. The third-order valence-electron chi connectivity index (χ3n) is 6.36. The molecule has 6 nitrogen and oxygen atoms in total. The minimum atomic E-state index is -0.0361. The van der Waals surface area contributed by atoms with Gasteiger partial charge in [0.05, 0.1) is 11.4 Å². The first-order chi connectivity index (χ1) is 16.4. The number of thiophene rings is 1.